The topological polar surface area (TPSA) is 56.7 Å². The quantitative estimate of drug-likeness (QED) is 0.752. The van der Waals surface area contributed by atoms with E-state index in [4.69, 9.17) is 5.73 Å². The van der Waals surface area contributed by atoms with E-state index in [1.165, 1.54) is 25.7 Å². The van der Waals surface area contributed by atoms with E-state index in [-0.39, 0.29) is 6.04 Å². The van der Waals surface area contributed by atoms with Gasteiger partial charge in [-0.05, 0) is 19.8 Å². The Morgan fingerprint density at radius 2 is 2.20 bits per heavy atom. The zero-order valence-electron chi connectivity index (χ0n) is 9.39. The van der Waals surface area contributed by atoms with Gasteiger partial charge in [0, 0.05) is 18.5 Å². The molecule has 2 atom stereocenters. The standard InChI is InChI=1S/C11H20N4/c1-2-15-11(13-8-14-15)9-6-4-3-5-7-10(9)12/h8-10H,2-7,12H2,1H3. The minimum absolute atomic E-state index is 0.266. The second-order valence-corrected chi connectivity index (χ2v) is 4.34. The summed E-state index contributed by atoms with van der Waals surface area (Å²) in [6.07, 6.45) is 7.79. The van der Waals surface area contributed by atoms with Crippen molar-refractivity contribution in [2.24, 2.45) is 5.73 Å². The molecule has 15 heavy (non-hydrogen) atoms. The molecular formula is C11H20N4. The Morgan fingerprint density at radius 3 is 3.00 bits per heavy atom. The molecule has 2 N–H and O–H groups in total. The SMILES string of the molecule is CCn1ncnc1C1CCCCCC1N. The van der Waals surface area contributed by atoms with Crippen LogP contribution in [0, 0.1) is 0 Å². The average Bonchev–Trinajstić information content (AvgIpc) is 2.61. The largest absolute Gasteiger partial charge is 0.327 e. The molecule has 0 aromatic carbocycles. The fourth-order valence-corrected chi connectivity index (χ4v) is 2.46. The number of aromatic nitrogens is 3. The number of nitrogens with two attached hydrogens (primary N) is 1. The Hall–Kier alpha value is -0.900. The fourth-order valence-electron chi connectivity index (χ4n) is 2.46. The molecule has 0 amide bonds. The molecule has 1 saturated carbocycles. The number of hydrogen-bond donors (Lipinski definition) is 1. The second-order valence-electron chi connectivity index (χ2n) is 4.34. The van der Waals surface area contributed by atoms with Gasteiger partial charge in [0.05, 0.1) is 0 Å². The van der Waals surface area contributed by atoms with Gasteiger partial charge in [-0.25, -0.2) is 4.98 Å². The van der Waals surface area contributed by atoms with Crippen molar-refractivity contribution in [3.8, 4) is 0 Å². The molecule has 1 aromatic heterocycles. The summed E-state index contributed by atoms with van der Waals surface area (Å²) in [5.74, 6) is 1.50. The molecule has 0 radical (unpaired) electrons. The third-order valence-corrected chi connectivity index (χ3v) is 3.35. The van der Waals surface area contributed by atoms with Crippen molar-refractivity contribution in [2.45, 2.75) is 57.5 Å². The number of hydrogen-bond acceptors (Lipinski definition) is 3. The van der Waals surface area contributed by atoms with E-state index in [1.54, 1.807) is 6.33 Å². The van der Waals surface area contributed by atoms with Gasteiger partial charge in [0.2, 0.25) is 0 Å². The van der Waals surface area contributed by atoms with Crippen LogP contribution in [-0.4, -0.2) is 20.8 Å². The summed E-state index contributed by atoms with van der Waals surface area (Å²) in [7, 11) is 0. The van der Waals surface area contributed by atoms with Crippen LogP contribution in [0.2, 0.25) is 0 Å². The summed E-state index contributed by atoms with van der Waals surface area (Å²) in [4.78, 5) is 4.37. The predicted octanol–water partition coefficient (Wildman–Crippen LogP) is 1.67. The van der Waals surface area contributed by atoms with Gasteiger partial charge in [0.25, 0.3) is 0 Å². The lowest BCUT2D eigenvalue weighted by Crippen LogP contribution is -2.29. The van der Waals surface area contributed by atoms with Crippen molar-refractivity contribution >= 4 is 0 Å². The molecule has 4 nitrogen and oxygen atoms in total. The monoisotopic (exact) mass is 208 g/mol. The van der Waals surface area contributed by atoms with Gasteiger partial charge in [-0.15, -0.1) is 0 Å². The molecule has 2 unspecified atom stereocenters. The summed E-state index contributed by atoms with van der Waals surface area (Å²) in [5.41, 5.74) is 6.21. The zero-order chi connectivity index (χ0) is 10.7. The third kappa shape index (κ3) is 2.20. The molecule has 0 aliphatic heterocycles. The van der Waals surface area contributed by atoms with E-state index in [1.807, 2.05) is 4.68 Å². The maximum absolute atomic E-state index is 6.21. The lowest BCUT2D eigenvalue weighted by Gasteiger charge is -2.20. The van der Waals surface area contributed by atoms with E-state index in [9.17, 15) is 0 Å². The zero-order valence-corrected chi connectivity index (χ0v) is 9.39. The lowest BCUT2D eigenvalue weighted by atomic mass is 9.95. The lowest BCUT2D eigenvalue weighted by molar-refractivity contribution is 0.453. The molecule has 1 heterocycles. The normalized spacial score (nSPS) is 27.6. The molecule has 1 fully saturated rings. The van der Waals surface area contributed by atoms with Gasteiger partial charge in [-0.3, -0.25) is 4.68 Å². The highest BCUT2D eigenvalue weighted by molar-refractivity contribution is 5.01. The minimum Gasteiger partial charge on any atom is -0.327 e. The summed E-state index contributed by atoms with van der Waals surface area (Å²) < 4.78 is 1.98. The van der Waals surface area contributed by atoms with E-state index in [0.717, 1.165) is 18.8 Å². The Bertz CT molecular complexity index is 307. The molecule has 1 aromatic rings. The van der Waals surface area contributed by atoms with Crippen molar-refractivity contribution in [3.05, 3.63) is 12.2 Å². The first-order valence-corrected chi connectivity index (χ1v) is 5.96. The third-order valence-electron chi connectivity index (χ3n) is 3.35. The Labute approximate surface area is 90.9 Å². The van der Waals surface area contributed by atoms with Crippen LogP contribution in [0.15, 0.2) is 6.33 Å². The molecule has 0 bridgehead atoms. The predicted molar refractivity (Wildman–Crippen MR) is 59.5 cm³/mol. The van der Waals surface area contributed by atoms with Crippen LogP contribution in [0.4, 0.5) is 0 Å². The van der Waals surface area contributed by atoms with Gasteiger partial charge < -0.3 is 5.73 Å². The van der Waals surface area contributed by atoms with Crippen LogP contribution < -0.4 is 5.73 Å². The summed E-state index contributed by atoms with van der Waals surface area (Å²) in [5, 5.41) is 4.22. The van der Waals surface area contributed by atoms with E-state index in [0.29, 0.717) is 5.92 Å². The average molecular weight is 208 g/mol. The first-order valence-electron chi connectivity index (χ1n) is 5.96. The molecule has 1 aliphatic rings. The molecule has 84 valence electrons. The highest BCUT2D eigenvalue weighted by Gasteiger charge is 2.25. The molecule has 1 aliphatic carbocycles. The van der Waals surface area contributed by atoms with Crippen LogP contribution in [0.1, 0.15) is 50.8 Å². The van der Waals surface area contributed by atoms with Crippen LogP contribution >= 0.6 is 0 Å². The Kier molecular flexibility index (Phi) is 3.36. The molecule has 0 saturated heterocycles. The van der Waals surface area contributed by atoms with Gasteiger partial charge in [-0.2, -0.15) is 5.10 Å². The van der Waals surface area contributed by atoms with Crippen LogP contribution in [0.5, 0.6) is 0 Å². The van der Waals surface area contributed by atoms with Crippen LogP contribution in [0.25, 0.3) is 0 Å². The second kappa shape index (κ2) is 4.75. The Balaban J connectivity index is 2.19. The maximum atomic E-state index is 6.21. The molecule has 2 rings (SSSR count). The maximum Gasteiger partial charge on any atom is 0.138 e. The van der Waals surface area contributed by atoms with Gasteiger partial charge >= 0.3 is 0 Å². The van der Waals surface area contributed by atoms with Crippen molar-refractivity contribution in [1.29, 1.82) is 0 Å². The highest BCUT2D eigenvalue weighted by atomic mass is 15.3. The van der Waals surface area contributed by atoms with Crippen molar-refractivity contribution in [2.75, 3.05) is 0 Å². The molecule has 0 spiro atoms. The van der Waals surface area contributed by atoms with Crippen molar-refractivity contribution in [3.63, 3.8) is 0 Å². The van der Waals surface area contributed by atoms with Gasteiger partial charge in [0.1, 0.15) is 12.2 Å². The van der Waals surface area contributed by atoms with Gasteiger partial charge in [0.15, 0.2) is 0 Å². The summed E-state index contributed by atoms with van der Waals surface area (Å²) in [6.45, 7) is 2.99. The smallest absolute Gasteiger partial charge is 0.138 e. The minimum atomic E-state index is 0.266. The first-order chi connectivity index (χ1) is 7.33. The number of nitrogens with zero attached hydrogens (tertiary/aromatic N) is 3. The van der Waals surface area contributed by atoms with Crippen molar-refractivity contribution in [1.82, 2.24) is 14.8 Å². The van der Waals surface area contributed by atoms with Crippen LogP contribution in [0.3, 0.4) is 0 Å². The van der Waals surface area contributed by atoms with E-state index >= 15 is 0 Å². The number of aryl methyl sites for hydroxylation is 1. The molecule has 4 heteroatoms. The highest BCUT2D eigenvalue weighted by Crippen LogP contribution is 2.29. The van der Waals surface area contributed by atoms with Crippen LogP contribution in [-0.2, 0) is 6.54 Å². The van der Waals surface area contributed by atoms with E-state index < -0.39 is 0 Å². The molecular weight excluding hydrogens is 188 g/mol. The summed E-state index contributed by atoms with van der Waals surface area (Å²) >= 11 is 0. The van der Waals surface area contributed by atoms with E-state index in [2.05, 4.69) is 17.0 Å². The first kappa shape index (κ1) is 10.6. The van der Waals surface area contributed by atoms with Crippen molar-refractivity contribution < 1.29 is 0 Å². The fraction of sp³-hybridized carbons (Fsp3) is 0.818. The number of rotatable bonds is 2. The summed E-state index contributed by atoms with van der Waals surface area (Å²) in [6, 6.07) is 0.266. The van der Waals surface area contributed by atoms with Gasteiger partial charge in [-0.1, -0.05) is 19.3 Å². The Morgan fingerprint density at radius 1 is 1.40 bits per heavy atom.